The first kappa shape index (κ1) is 63.6. The van der Waals surface area contributed by atoms with Crippen LogP contribution in [0.25, 0.3) is 0 Å². The van der Waals surface area contributed by atoms with Gasteiger partial charge in [0.25, 0.3) is 0 Å². The molecule has 4 bridgehead atoms. The number of piperidine rings is 2. The first-order valence-electron chi connectivity index (χ1n) is 27.7. The summed E-state index contributed by atoms with van der Waals surface area (Å²) in [5.41, 5.74) is 0.0175. The highest BCUT2D eigenvalue weighted by atomic mass is 35.5. The van der Waals surface area contributed by atoms with Crippen LogP contribution in [-0.4, -0.2) is 195 Å². The number of carbonyl (C=O) groups is 8. The van der Waals surface area contributed by atoms with E-state index in [-0.39, 0.29) is 69.0 Å². The first-order valence-corrected chi connectivity index (χ1v) is 27.7. The first-order chi connectivity index (χ1) is 39.6. The molecule has 0 saturated carbocycles. The van der Waals surface area contributed by atoms with Crippen LogP contribution in [0.5, 0.6) is 17.2 Å². The molecular formula is C59H71ClN2O24. The predicted octanol–water partition coefficient (Wildman–Crippen LogP) is 2.62. The van der Waals surface area contributed by atoms with Gasteiger partial charge in [0, 0.05) is 51.7 Å². The number of phenols is 1. The number of phenolic OH excluding ortho intramolecular Hbond substituents is 1. The van der Waals surface area contributed by atoms with Crippen LogP contribution in [0.1, 0.15) is 108 Å². The van der Waals surface area contributed by atoms with Crippen molar-refractivity contribution in [2.75, 3.05) is 40.4 Å². The smallest absolute Gasteiger partial charge is 0.340 e. The monoisotopic (exact) mass is 1230 g/mol. The zero-order chi connectivity index (χ0) is 60.4. The van der Waals surface area contributed by atoms with Crippen molar-refractivity contribution in [2.45, 2.75) is 182 Å². The number of aliphatic carboxylic acids is 2. The Morgan fingerprint density at radius 3 is 1.64 bits per heavy atom. The van der Waals surface area contributed by atoms with Crippen molar-refractivity contribution in [1.29, 1.82) is 0 Å². The zero-order valence-corrected chi connectivity index (χ0v) is 48.4. The lowest BCUT2D eigenvalue weighted by atomic mass is 9.50. The molecular weight excluding hydrogens is 1160 g/mol. The van der Waals surface area contributed by atoms with Gasteiger partial charge in [0.2, 0.25) is 11.6 Å². The van der Waals surface area contributed by atoms with Crippen molar-refractivity contribution in [3.63, 3.8) is 0 Å². The summed E-state index contributed by atoms with van der Waals surface area (Å²) in [6, 6.07) is 6.73. The van der Waals surface area contributed by atoms with Crippen molar-refractivity contribution in [3.8, 4) is 17.2 Å². The lowest BCUT2D eigenvalue weighted by Gasteiger charge is -2.62. The second kappa shape index (κ2) is 22.7. The minimum Gasteiger partial charge on any atom is -0.504 e. The van der Waals surface area contributed by atoms with Crippen LogP contribution in [0.3, 0.4) is 0 Å². The van der Waals surface area contributed by atoms with E-state index in [0.29, 0.717) is 55.8 Å². The summed E-state index contributed by atoms with van der Waals surface area (Å²) in [6.07, 6.45) is -4.17. The van der Waals surface area contributed by atoms with Gasteiger partial charge in [-0.05, 0) is 94.7 Å². The SMILES string of the molecule is C.CN1CC[C@]23c4c5ccc(O)c4O[C@H]2C(OC(=O)C[C@H](O)C(=O)O)=CC[C@@]3(OC(=O)C[C@H](O)C(=O)O)[C@H]1C5.Cc1ccc2c3c1O[C@H]1C(OC(=O)COC[C@@H]4OC(C)(C)OC4=O)=CC[C@@]4(OC(=O)C[C@@H]5OC(C)(C)OC5=O)[C@@H](C2)N(C)CC[C@]314.Cl. The van der Waals surface area contributed by atoms with Crippen molar-refractivity contribution in [1.82, 2.24) is 9.80 Å². The molecule has 2 spiro atoms. The highest BCUT2D eigenvalue weighted by Gasteiger charge is 2.76. The molecule has 10 aliphatic rings. The largest absolute Gasteiger partial charge is 0.504 e. The summed E-state index contributed by atoms with van der Waals surface area (Å²) >= 11 is 0. The van der Waals surface area contributed by atoms with Gasteiger partial charge in [-0.3, -0.25) is 24.2 Å². The molecule has 0 unspecified atom stereocenters. The van der Waals surface area contributed by atoms with E-state index in [9.17, 15) is 53.7 Å². The number of aromatic hydroxyl groups is 1. The standard InChI is InChI=1S/C33H39NO12.C25H27NO12.CH4.ClH/c1-17-7-8-18-13-22-33(44-23(35)14-20-28(37)45-30(2,3)42-20)10-9-19(27-32(33,11-12-34(22)6)25(18)26(17)41-27)40-24(36)16-39-15-21-29(38)46-31(4,5)43-21;1-26-7-6-24-19-11-2-3-12(27)20(19)37-21(24)15(36-17(30)9-13(28)22(32)33)4-5-25(24,16(26)8-11)38-18(31)10-14(29)23(34)35;;/h7-9,20-22,27H,10-16H2,1-6H3;2-4,13-14,16,21,27-29H,5-10H2,1H3,(H,32,33)(H,34,35);1H4;1H/t20-,21-,22+,27-,32-,33+;13-,14-,16+,21-,24-,25+;;/m00../s1. The number of carboxylic acids is 2. The average Bonchev–Trinajstić information content (AvgIpc) is 1.36. The molecule has 468 valence electrons. The molecule has 86 heavy (non-hydrogen) atoms. The summed E-state index contributed by atoms with van der Waals surface area (Å²) in [4.78, 5) is 103. The maximum atomic E-state index is 13.7. The minimum atomic E-state index is -1.97. The van der Waals surface area contributed by atoms with Gasteiger partial charge >= 0.3 is 47.8 Å². The van der Waals surface area contributed by atoms with E-state index in [2.05, 4.69) is 11.0 Å². The number of rotatable bonds is 16. The number of nitrogens with zero attached hydrogens (tertiary/aromatic N) is 2. The Kier molecular flexibility index (Phi) is 16.8. The quantitative estimate of drug-likeness (QED) is 0.119. The summed E-state index contributed by atoms with van der Waals surface area (Å²) in [5.74, 6) is -8.69. The molecule has 4 fully saturated rings. The molecule has 0 radical (unpaired) electrons. The number of halogens is 1. The molecule has 2 aromatic rings. The van der Waals surface area contributed by atoms with Gasteiger partial charge in [-0.25, -0.2) is 24.0 Å². The molecule has 27 heteroatoms. The zero-order valence-electron chi connectivity index (χ0n) is 47.6. The molecule has 6 aliphatic heterocycles. The highest BCUT2D eigenvalue weighted by Crippen LogP contribution is 2.68. The molecule has 4 aliphatic carbocycles. The third-order valence-electron chi connectivity index (χ3n) is 18.1. The summed E-state index contributed by atoms with van der Waals surface area (Å²) in [5, 5.41) is 48.1. The van der Waals surface area contributed by atoms with Gasteiger partial charge in [-0.2, -0.15) is 0 Å². The van der Waals surface area contributed by atoms with Crippen LogP contribution in [0.2, 0.25) is 0 Å². The van der Waals surface area contributed by atoms with Gasteiger partial charge in [0.05, 0.1) is 48.8 Å². The van der Waals surface area contributed by atoms with E-state index in [4.69, 9.17) is 62.3 Å². The minimum absolute atomic E-state index is 0. The van der Waals surface area contributed by atoms with E-state index >= 15 is 0 Å². The Balaban J connectivity index is 0.000000204. The number of esters is 6. The fraction of sp³-hybridized carbons (Fsp3) is 0.593. The topological polar surface area (TPSA) is 346 Å². The van der Waals surface area contributed by atoms with Gasteiger partial charge < -0.3 is 77.6 Å². The maximum absolute atomic E-state index is 13.7. The molecule has 2 aromatic carbocycles. The number of benzene rings is 2. The van der Waals surface area contributed by atoms with Crippen LogP contribution < -0.4 is 9.47 Å². The number of hydrogen-bond donors (Lipinski definition) is 5. The fourth-order valence-electron chi connectivity index (χ4n) is 14.7. The van der Waals surface area contributed by atoms with Crippen molar-refractivity contribution in [3.05, 3.63) is 75.8 Å². The molecule has 0 aromatic heterocycles. The number of aliphatic hydroxyl groups excluding tert-OH is 2. The Morgan fingerprint density at radius 2 is 1.13 bits per heavy atom. The second-order valence-electron chi connectivity index (χ2n) is 24.0. The molecule has 5 N–H and O–H groups in total. The second-order valence-corrected chi connectivity index (χ2v) is 24.0. The number of likely N-dealkylation sites (tertiary alicyclic amines) is 2. The van der Waals surface area contributed by atoms with E-state index in [1.807, 2.05) is 32.0 Å². The number of likely N-dealkylation sites (N-methyl/N-ethyl adjacent to an activating group) is 2. The summed E-state index contributed by atoms with van der Waals surface area (Å²) in [6.45, 7) is 9.05. The number of ether oxygens (including phenoxy) is 11. The predicted molar refractivity (Wildman–Crippen MR) is 292 cm³/mol. The number of carboxylic acid groups (broad SMARTS) is 2. The average molecular weight is 1230 g/mol. The van der Waals surface area contributed by atoms with E-state index in [1.165, 1.54) is 12.1 Å². The van der Waals surface area contributed by atoms with E-state index in [0.717, 1.165) is 22.3 Å². The van der Waals surface area contributed by atoms with Crippen molar-refractivity contribution < 1.29 is 116 Å². The number of aliphatic hydroxyl groups is 2. The highest BCUT2D eigenvalue weighted by molar-refractivity contribution is 5.86. The molecule has 26 nitrogen and oxygen atoms in total. The van der Waals surface area contributed by atoms with Crippen molar-refractivity contribution in [2.24, 2.45) is 0 Å². The Labute approximate surface area is 499 Å². The fourth-order valence-corrected chi connectivity index (χ4v) is 14.7. The van der Waals surface area contributed by atoms with Crippen LogP contribution in [0.15, 0.2) is 47.9 Å². The van der Waals surface area contributed by atoms with Crippen molar-refractivity contribution >= 4 is 60.2 Å². The molecule has 0 amide bonds. The third kappa shape index (κ3) is 10.2. The number of hydrogen-bond acceptors (Lipinski definition) is 24. The summed E-state index contributed by atoms with van der Waals surface area (Å²) in [7, 11) is 3.88. The van der Waals surface area contributed by atoms with Gasteiger partial charge in [0.1, 0.15) is 35.1 Å². The van der Waals surface area contributed by atoms with E-state index < -0.39 is 143 Å². The number of carbonyl (C=O) groups excluding carboxylic acids is 6. The van der Waals surface area contributed by atoms with Gasteiger partial charge in [0.15, 0.2) is 48.1 Å². The lowest BCUT2D eigenvalue weighted by molar-refractivity contribution is -0.209. The molecule has 6 heterocycles. The Morgan fingerprint density at radius 1 is 0.663 bits per heavy atom. The molecule has 12 atom stereocenters. The van der Waals surface area contributed by atoms with Gasteiger partial charge in [-0.15, -0.1) is 12.4 Å². The third-order valence-corrected chi connectivity index (χ3v) is 18.1. The van der Waals surface area contributed by atoms with E-state index in [1.54, 1.807) is 39.8 Å². The number of cyclic esters (lactones) is 2. The van der Waals surface area contributed by atoms with Crippen LogP contribution in [-0.2, 0) is 105 Å². The van der Waals surface area contributed by atoms with Crippen LogP contribution in [0.4, 0.5) is 0 Å². The Hall–Kier alpha value is -6.91. The molecule has 12 rings (SSSR count). The lowest BCUT2D eigenvalue weighted by Crippen LogP contribution is -2.75. The normalized spacial score (nSPS) is 31.9. The summed E-state index contributed by atoms with van der Waals surface area (Å²) < 4.78 is 64.1. The Bertz CT molecular complexity index is 3230. The molecule has 4 saturated heterocycles. The van der Waals surface area contributed by atoms with Gasteiger partial charge in [-0.1, -0.05) is 25.6 Å². The maximum Gasteiger partial charge on any atom is 0.340 e. The van der Waals surface area contributed by atoms with Crippen LogP contribution in [0, 0.1) is 6.92 Å². The number of aryl methyl sites for hydroxylation is 1. The van der Waals surface area contributed by atoms with Crippen LogP contribution >= 0.6 is 12.4 Å².